The minimum atomic E-state index is -0.427. The van der Waals surface area contributed by atoms with Gasteiger partial charge in [-0.05, 0) is 61.4 Å². The fraction of sp³-hybridized carbons (Fsp3) is 0.154. The van der Waals surface area contributed by atoms with Gasteiger partial charge in [-0.15, -0.1) is 0 Å². The monoisotopic (exact) mass is 490 g/mol. The number of anilines is 1. The highest BCUT2D eigenvalue weighted by molar-refractivity contribution is 6.30. The molecule has 0 atom stereocenters. The molecule has 0 aliphatic rings. The predicted molar refractivity (Wildman–Crippen MR) is 134 cm³/mol. The van der Waals surface area contributed by atoms with Crippen molar-refractivity contribution < 1.29 is 14.5 Å². The second kappa shape index (κ2) is 10.4. The Bertz CT molecular complexity index is 1380. The van der Waals surface area contributed by atoms with Gasteiger partial charge in [0.2, 0.25) is 0 Å². The molecular formula is C26H23ClN4O4. The van der Waals surface area contributed by atoms with Crippen LogP contribution in [0.1, 0.15) is 32.7 Å². The Kier molecular flexibility index (Phi) is 7.12. The van der Waals surface area contributed by atoms with Crippen LogP contribution >= 0.6 is 11.6 Å². The Labute approximate surface area is 207 Å². The summed E-state index contributed by atoms with van der Waals surface area (Å²) >= 11 is 5.95. The van der Waals surface area contributed by atoms with Crippen molar-refractivity contribution in [1.29, 1.82) is 0 Å². The molecule has 0 spiro atoms. The van der Waals surface area contributed by atoms with Crippen LogP contribution in [0, 0.1) is 24.0 Å². The van der Waals surface area contributed by atoms with E-state index >= 15 is 0 Å². The molecule has 8 nitrogen and oxygen atoms in total. The van der Waals surface area contributed by atoms with Gasteiger partial charge < -0.3 is 10.1 Å². The fourth-order valence-electron chi connectivity index (χ4n) is 3.57. The zero-order valence-corrected chi connectivity index (χ0v) is 20.0. The molecule has 0 unspecified atom stereocenters. The third-order valence-electron chi connectivity index (χ3n) is 5.43. The molecule has 0 saturated heterocycles. The number of benzene rings is 3. The topological polar surface area (TPSA) is 99.3 Å². The molecule has 0 aliphatic carbocycles. The van der Waals surface area contributed by atoms with Gasteiger partial charge in [0.1, 0.15) is 12.4 Å². The van der Waals surface area contributed by atoms with E-state index in [2.05, 4.69) is 10.4 Å². The number of nitro benzene ring substituents is 1. The fourth-order valence-corrected chi connectivity index (χ4v) is 3.70. The summed E-state index contributed by atoms with van der Waals surface area (Å²) in [5.41, 5.74) is 3.78. The molecule has 0 saturated carbocycles. The summed E-state index contributed by atoms with van der Waals surface area (Å²) in [6, 6.07) is 21.0. The van der Waals surface area contributed by atoms with Gasteiger partial charge in [0, 0.05) is 34.0 Å². The van der Waals surface area contributed by atoms with Gasteiger partial charge >= 0.3 is 0 Å². The van der Waals surface area contributed by atoms with E-state index < -0.39 is 4.92 Å². The van der Waals surface area contributed by atoms with Crippen molar-refractivity contribution in [3.05, 3.63) is 116 Å². The Morgan fingerprint density at radius 1 is 1.06 bits per heavy atom. The molecular weight excluding hydrogens is 468 g/mol. The number of hydrogen-bond donors (Lipinski definition) is 1. The van der Waals surface area contributed by atoms with E-state index in [1.54, 1.807) is 37.3 Å². The second-order valence-electron chi connectivity index (χ2n) is 8.10. The lowest BCUT2D eigenvalue weighted by molar-refractivity contribution is -0.385. The zero-order valence-electron chi connectivity index (χ0n) is 19.2. The third-order valence-corrected chi connectivity index (χ3v) is 5.68. The average Bonchev–Trinajstić information content (AvgIpc) is 3.17. The predicted octanol–water partition coefficient (Wildman–Crippen LogP) is 5.94. The first kappa shape index (κ1) is 24.0. The number of aryl methyl sites for hydroxylation is 2. The van der Waals surface area contributed by atoms with Crippen molar-refractivity contribution in [2.24, 2.45) is 0 Å². The normalized spacial score (nSPS) is 10.7. The highest BCUT2D eigenvalue weighted by Gasteiger charge is 2.13. The highest BCUT2D eigenvalue weighted by Crippen LogP contribution is 2.24. The molecule has 1 heterocycles. The molecule has 9 heteroatoms. The van der Waals surface area contributed by atoms with Crippen molar-refractivity contribution in [2.45, 2.75) is 27.0 Å². The number of amides is 1. The summed E-state index contributed by atoms with van der Waals surface area (Å²) in [6.07, 6.45) is 0. The van der Waals surface area contributed by atoms with Gasteiger partial charge in [0.05, 0.1) is 11.5 Å². The molecule has 0 bridgehead atoms. The minimum absolute atomic E-state index is 0.0434. The first-order chi connectivity index (χ1) is 16.8. The van der Waals surface area contributed by atoms with Gasteiger partial charge in [-0.2, -0.15) is 5.10 Å². The Morgan fingerprint density at radius 3 is 2.54 bits per heavy atom. The molecule has 0 aliphatic heterocycles. The molecule has 35 heavy (non-hydrogen) atoms. The molecule has 1 aromatic heterocycles. The molecule has 0 radical (unpaired) electrons. The number of carbonyl (C=O) groups is 1. The SMILES string of the molecule is Cc1cc(OCc2cccc(C(=O)Nc3cc(C)n(Cc4ccc(Cl)cc4)n3)c2)ccc1[N+](=O)[O-]. The van der Waals surface area contributed by atoms with Gasteiger partial charge in [-0.25, -0.2) is 0 Å². The van der Waals surface area contributed by atoms with Gasteiger partial charge in [-0.1, -0.05) is 35.9 Å². The van der Waals surface area contributed by atoms with Crippen LogP contribution in [0.25, 0.3) is 0 Å². The smallest absolute Gasteiger partial charge is 0.272 e. The molecule has 1 amide bonds. The molecule has 3 aromatic carbocycles. The van der Waals surface area contributed by atoms with Crippen LogP contribution in [0.2, 0.25) is 5.02 Å². The first-order valence-corrected chi connectivity index (χ1v) is 11.2. The van der Waals surface area contributed by atoms with Crippen LogP contribution in [0.4, 0.5) is 11.5 Å². The van der Waals surface area contributed by atoms with Crippen LogP contribution in [0.15, 0.2) is 72.8 Å². The number of nitro groups is 1. The van der Waals surface area contributed by atoms with E-state index in [0.29, 0.717) is 34.3 Å². The lowest BCUT2D eigenvalue weighted by Crippen LogP contribution is -2.13. The number of carbonyl (C=O) groups excluding carboxylic acids is 1. The van der Waals surface area contributed by atoms with Gasteiger partial charge in [-0.3, -0.25) is 19.6 Å². The lowest BCUT2D eigenvalue weighted by Gasteiger charge is -2.09. The van der Waals surface area contributed by atoms with Gasteiger partial charge in [0.25, 0.3) is 11.6 Å². The molecule has 178 valence electrons. The van der Waals surface area contributed by atoms with E-state index in [0.717, 1.165) is 16.8 Å². The summed E-state index contributed by atoms with van der Waals surface area (Å²) in [5, 5.41) is 19.0. The standard InChI is InChI=1S/C26H23ClN4O4/c1-17-12-23(10-11-24(17)31(33)34)35-16-20-4-3-5-21(14-20)26(32)28-25-13-18(2)30(29-25)15-19-6-8-22(27)9-7-19/h3-14H,15-16H2,1-2H3,(H,28,29,32). The Hall–Kier alpha value is -4.17. The Balaban J connectivity index is 1.39. The van der Waals surface area contributed by atoms with Crippen molar-refractivity contribution in [2.75, 3.05) is 5.32 Å². The number of nitrogens with one attached hydrogen (secondary N) is 1. The van der Waals surface area contributed by atoms with E-state index in [1.807, 2.05) is 48.0 Å². The van der Waals surface area contributed by atoms with Crippen LogP contribution in [-0.2, 0) is 13.2 Å². The summed E-state index contributed by atoms with van der Waals surface area (Å²) in [7, 11) is 0. The largest absolute Gasteiger partial charge is 0.489 e. The maximum Gasteiger partial charge on any atom is 0.272 e. The lowest BCUT2D eigenvalue weighted by atomic mass is 10.1. The number of nitrogens with zero attached hydrogens (tertiary/aromatic N) is 3. The maximum atomic E-state index is 12.8. The first-order valence-electron chi connectivity index (χ1n) is 10.9. The summed E-state index contributed by atoms with van der Waals surface area (Å²) < 4.78 is 7.58. The number of aromatic nitrogens is 2. The number of rotatable bonds is 8. The van der Waals surface area contributed by atoms with Crippen molar-refractivity contribution in [3.63, 3.8) is 0 Å². The van der Waals surface area contributed by atoms with E-state index in [1.165, 1.54) is 6.07 Å². The third kappa shape index (κ3) is 6.04. The summed E-state index contributed by atoms with van der Waals surface area (Å²) in [5.74, 6) is 0.698. The number of hydrogen-bond acceptors (Lipinski definition) is 5. The molecule has 4 rings (SSSR count). The number of ether oxygens (including phenoxy) is 1. The van der Waals surface area contributed by atoms with E-state index in [-0.39, 0.29) is 18.2 Å². The maximum absolute atomic E-state index is 12.8. The second-order valence-corrected chi connectivity index (χ2v) is 8.54. The van der Waals surface area contributed by atoms with E-state index in [9.17, 15) is 14.9 Å². The summed E-state index contributed by atoms with van der Waals surface area (Å²) in [6.45, 7) is 4.37. The zero-order chi connectivity index (χ0) is 24.9. The quantitative estimate of drug-likeness (QED) is 0.243. The van der Waals surface area contributed by atoms with Crippen molar-refractivity contribution in [3.8, 4) is 5.75 Å². The van der Waals surface area contributed by atoms with Crippen LogP contribution < -0.4 is 10.1 Å². The van der Waals surface area contributed by atoms with Crippen LogP contribution in [0.3, 0.4) is 0 Å². The molecule has 0 fully saturated rings. The highest BCUT2D eigenvalue weighted by atomic mass is 35.5. The van der Waals surface area contributed by atoms with Crippen LogP contribution in [-0.4, -0.2) is 20.6 Å². The van der Waals surface area contributed by atoms with Crippen LogP contribution in [0.5, 0.6) is 5.75 Å². The molecule has 4 aromatic rings. The molecule has 1 N–H and O–H groups in total. The Morgan fingerprint density at radius 2 is 1.83 bits per heavy atom. The minimum Gasteiger partial charge on any atom is -0.489 e. The summed E-state index contributed by atoms with van der Waals surface area (Å²) in [4.78, 5) is 23.4. The number of halogens is 1. The van der Waals surface area contributed by atoms with Crippen molar-refractivity contribution >= 4 is 29.0 Å². The van der Waals surface area contributed by atoms with E-state index in [4.69, 9.17) is 16.3 Å². The van der Waals surface area contributed by atoms with Gasteiger partial charge in [0.15, 0.2) is 5.82 Å². The van der Waals surface area contributed by atoms with Crippen molar-refractivity contribution in [1.82, 2.24) is 9.78 Å². The average molecular weight is 491 g/mol.